The summed E-state index contributed by atoms with van der Waals surface area (Å²) in [5, 5.41) is 18.8. The average molecular weight is 302 g/mol. The number of nitrogens with zero attached hydrogens (tertiary/aromatic N) is 1. The molecule has 21 heavy (non-hydrogen) atoms. The van der Waals surface area contributed by atoms with E-state index < -0.39 is 10.0 Å². The fraction of sp³-hybridized carbons (Fsp3) is 0.133. The van der Waals surface area contributed by atoms with Crippen molar-refractivity contribution >= 4 is 15.7 Å². The lowest BCUT2D eigenvalue weighted by Crippen LogP contribution is -2.13. The highest BCUT2D eigenvalue weighted by atomic mass is 32.2. The summed E-state index contributed by atoms with van der Waals surface area (Å²) in [6.45, 7) is 3.50. The lowest BCUT2D eigenvalue weighted by Gasteiger charge is -2.12. The van der Waals surface area contributed by atoms with Crippen LogP contribution in [0.5, 0.6) is 5.75 Å². The summed E-state index contributed by atoms with van der Waals surface area (Å²) in [6, 6.07) is 10.9. The van der Waals surface area contributed by atoms with E-state index in [0.717, 1.165) is 5.56 Å². The van der Waals surface area contributed by atoms with Crippen LogP contribution in [-0.4, -0.2) is 13.5 Å². The minimum absolute atomic E-state index is 0.0277. The van der Waals surface area contributed by atoms with Gasteiger partial charge >= 0.3 is 0 Å². The Hall–Kier alpha value is -2.52. The van der Waals surface area contributed by atoms with E-state index in [0.29, 0.717) is 5.56 Å². The second-order valence-electron chi connectivity index (χ2n) is 4.72. The smallest absolute Gasteiger partial charge is 0.262 e. The van der Waals surface area contributed by atoms with E-state index in [-0.39, 0.29) is 21.9 Å². The van der Waals surface area contributed by atoms with Gasteiger partial charge in [-0.3, -0.25) is 4.72 Å². The van der Waals surface area contributed by atoms with E-state index in [1.54, 1.807) is 26.0 Å². The van der Waals surface area contributed by atoms with Gasteiger partial charge in [0.05, 0.1) is 22.2 Å². The van der Waals surface area contributed by atoms with E-state index in [9.17, 15) is 13.5 Å². The lowest BCUT2D eigenvalue weighted by atomic mass is 10.1. The summed E-state index contributed by atoms with van der Waals surface area (Å²) in [4.78, 5) is -0.0277. The fourth-order valence-corrected chi connectivity index (χ4v) is 3.08. The number of hydrogen-bond acceptors (Lipinski definition) is 4. The molecule has 0 saturated heterocycles. The zero-order valence-corrected chi connectivity index (χ0v) is 12.4. The van der Waals surface area contributed by atoms with Gasteiger partial charge in [-0.15, -0.1) is 0 Å². The number of anilines is 1. The van der Waals surface area contributed by atoms with Gasteiger partial charge in [-0.25, -0.2) is 8.42 Å². The predicted octanol–water partition coefficient (Wildman–Crippen LogP) is 2.68. The van der Waals surface area contributed by atoms with Crippen LogP contribution in [-0.2, 0) is 10.0 Å². The number of aromatic hydroxyl groups is 1. The van der Waals surface area contributed by atoms with Gasteiger partial charge in [0.1, 0.15) is 5.75 Å². The molecule has 2 rings (SSSR count). The minimum atomic E-state index is -3.86. The summed E-state index contributed by atoms with van der Waals surface area (Å²) in [5.74, 6) is -0.111. The number of phenolic OH excluding ortho intramolecular Hbond substituents is 1. The van der Waals surface area contributed by atoms with Gasteiger partial charge in [-0.05, 0) is 49.2 Å². The Bertz CT molecular complexity index is 836. The van der Waals surface area contributed by atoms with Crippen LogP contribution < -0.4 is 4.72 Å². The first kappa shape index (κ1) is 14.9. The number of rotatable bonds is 3. The van der Waals surface area contributed by atoms with Gasteiger partial charge in [0.2, 0.25) is 0 Å². The molecule has 0 saturated carbocycles. The Morgan fingerprint density at radius 2 is 1.90 bits per heavy atom. The average Bonchev–Trinajstić information content (AvgIpc) is 2.44. The molecule has 2 aromatic rings. The van der Waals surface area contributed by atoms with Crippen molar-refractivity contribution < 1.29 is 13.5 Å². The van der Waals surface area contributed by atoms with Crippen LogP contribution in [0, 0.1) is 25.2 Å². The van der Waals surface area contributed by atoms with E-state index in [1.807, 2.05) is 6.07 Å². The molecule has 0 aliphatic carbocycles. The van der Waals surface area contributed by atoms with Gasteiger partial charge < -0.3 is 5.11 Å². The van der Waals surface area contributed by atoms with Gasteiger partial charge in [-0.1, -0.05) is 12.1 Å². The second-order valence-corrected chi connectivity index (χ2v) is 6.41. The van der Waals surface area contributed by atoms with Gasteiger partial charge in [0, 0.05) is 0 Å². The molecule has 0 fully saturated rings. The summed E-state index contributed by atoms with van der Waals surface area (Å²) >= 11 is 0. The molecule has 0 radical (unpaired) electrons. The standard InChI is InChI=1S/C15H14N2O3S/c1-10-6-11(2)15(18)14(7-10)17-21(19,20)13-5-3-4-12(8-13)9-16/h3-8,17-18H,1-2H3. The highest BCUT2D eigenvalue weighted by molar-refractivity contribution is 7.92. The zero-order chi connectivity index (χ0) is 15.6. The van der Waals surface area contributed by atoms with Gasteiger partial charge in [0.25, 0.3) is 10.0 Å². The number of hydrogen-bond donors (Lipinski definition) is 2. The van der Waals surface area contributed by atoms with Crippen LogP contribution in [0.3, 0.4) is 0 Å². The Labute approximate surface area is 123 Å². The maximum atomic E-state index is 12.3. The molecule has 5 nitrogen and oxygen atoms in total. The summed E-state index contributed by atoms with van der Waals surface area (Å²) in [7, 11) is -3.86. The summed E-state index contributed by atoms with van der Waals surface area (Å²) in [5.41, 5.74) is 1.78. The SMILES string of the molecule is Cc1cc(C)c(O)c(NS(=O)(=O)c2cccc(C#N)c2)c1. The first-order valence-corrected chi connectivity index (χ1v) is 7.65. The Balaban J connectivity index is 2.45. The number of phenols is 1. The van der Waals surface area contributed by atoms with Gasteiger partial charge in [0.15, 0.2) is 0 Å². The molecule has 0 aliphatic heterocycles. The van der Waals surface area contributed by atoms with Crippen molar-refractivity contribution in [1.82, 2.24) is 0 Å². The molecule has 0 amide bonds. The number of nitriles is 1. The predicted molar refractivity (Wildman–Crippen MR) is 79.5 cm³/mol. The van der Waals surface area contributed by atoms with Crippen LogP contribution in [0.1, 0.15) is 16.7 Å². The van der Waals surface area contributed by atoms with Crippen molar-refractivity contribution in [3.8, 4) is 11.8 Å². The van der Waals surface area contributed by atoms with E-state index in [1.165, 1.54) is 24.3 Å². The first-order valence-electron chi connectivity index (χ1n) is 6.16. The van der Waals surface area contributed by atoms with Crippen LogP contribution in [0.4, 0.5) is 5.69 Å². The Morgan fingerprint density at radius 3 is 2.57 bits per heavy atom. The highest BCUT2D eigenvalue weighted by Crippen LogP contribution is 2.30. The van der Waals surface area contributed by atoms with E-state index in [2.05, 4.69) is 4.72 Å². The van der Waals surface area contributed by atoms with Crippen molar-refractivity contribution in [3.63, 3.8) is 0 Å². The summed E-state index contributed by atoms with van der Waals surface area (Å²) in [6.07, 6.45) is 0. The monoisotopic (exact) mass is 302 g/mol. The Morgan fingerprint density at radius 1 is 1.19 bits per heavy atom. The highest BCUT2D eigenvalue weighted by Gasteiger charge is 2.17. The van der Waals surface area contributed by atoms with Crippen molar-refractivity contribution in [2.75, 3.05) is 4.72 Å². The van der Waals surface area contributed by atoms with E-state index >= 15 is 0 Å². The normalized spacial score (nSPS) is 10.9. The van der Waals surface area contributed by atoms with Crippen LogP contribution in [0.15, 0.2) is 41.3 Å². The molecule has 0 aromatic heterocycles. The first-order chi connectivity index (χ1) is 9.83. The molecule has 0 heterocycles. The number of sulfonamides is 1. The molecule has 2 N–H and O–H groups in total. The number of nitrogens with one attached hydrogen (secondary N) is 1. The van der Waals surface area contributed by atoms with Crippen molar-refractivity contribution in [2.24, 2.45) is 0 Å². The third kappa shape index (κ3) is 3.15. The summed E-state index contributed by atoms with van der Waals surface area (Å²) < 4.78 is 27.0. The largest absolute Gasteiger partial charge is 0.505 e. The molecule has 0 spiro atoms. The quantitative estimate of drug-likeness (QED) is 0.853. The maximum absolute atomic E-state index is 12.3. The number of aryl methyl sites for hydroxylation is 2. The third-order valence-corrected chi connectivity index (χ3v) is 4.33. The molecule has 0 unspecified atom stereocenters. The topological polar surface area (TPSA) is 90.2 Å². The molecular weight excluding hydrogens is 288 g/mol. The molecule has 0 bridgehead atoms. The number of benzene rings is 2. The molecule has 108 valence electrons. The van der Waals surface area contributed by atoms with Crippen LogP contribution >= 0.6 is 0 Å². The van der Waals surface area contributed by atoms with Crippen LogP contribution in [0.25, 0.3) is 0 Å². The third-order valence-electron chi connectivity index (χ3n) is 2.96. The molecule has 0 aliphatic rings. The van der Waals surface area contributed by atoms with Crippen molar-refractivity contribution in [1.29, 1.82) is 5.26 Å². The lowest BCUT2D eigenvalue weighted by molar-refractivity contribution is 0.473. The van der Waals surface area contributed by atoms with Crippen molar-refractivity contribution in [3.05, 3.63) is 53.1 Å². The fourth-order valence-electron chi connectivity index (χ4n) is 1.97. The maximum Gasteiger partial charge on any atom is 0.262 e. The Kier molecular flexibility index (Phi) is 3.87. The molecule has 6 heteroatoms. The zero-order valence-electron chi connectivity index (χ0n) is 11.6. The second kappa shape index (κ2) is 5.46. The molecule has 2 aromatic carbocycles. The minimum Gasteiger partial charge on any atom is -0.505 e. The van der Waals surface area contributed by atoms with E-state index in [4.69, 9.17) is 5.26 Å². The van der Waals surface area contributed by atoms with Crippen molar-refractivity contribution in [2.45, 2.75) is 18.7 Å². The molecular formula is C15H14N2O3S. The van der Waals surface area contributed by atoms with Crippen LogP contribution in [0.2, 0.25) is 0 Å². The van der Waals surface area contributed by atoms with Gasteiger partial charge in [-0.2, -0.15) is 5.26 Å². The molecule has 0 atom stereocenters.